The molecule has 0 amide bonds. The Kier molecular flexibility index (Phi) is 4.58. The third kappa shape index (κ3) is 3.47. The van der Waals surface area contributed by atoms with Crippen LogP contribution in [-0.2, 0) is 0 Å². The maximum atomic E-state index is 13.4. The summed E-state index contributed by atoms with van der Waals surface area (Å²) in [5.74, 6) is 0.632. The van der Waals surface area contributed by atoms with Crippen LogP contribution in [-0.4, -0.2) is 30.1 Å². The van der Waals surface area contributed by atoms with Crippen molar-refractivity contribution in [2.45, 2.75) is 12.8 Å². The molecule has 3 heterocycles. The highest BCUT2D eigenvalue weighted by molar-refractivity contribution is 5.70. The zero-order valence-electron chi connectivity index (χ0n) is 14.7. The van der Waals surface area contributed by atoms with E-state index in [-0.39, 0.29) is 23.5 Å². The summed E-state index contributed by atoms with van der Waals surface area (Å²) in [6.45, 7) is 1.94. The van der Waals surface area contributed by atoms with E-state index in [1.54, 1.807) is 30.7 Å². The average Bonchev–Trinajstić information content (AvgIpc) is 3.23. The molecule has 0 saturated carbocycles. The van der Waals surface area contributed by atoms with Gasteiger partial charge in [0, 0.05) is 23.9 Å². The zero-order chi connectivity index (χ0) is 19.5. The highest BCUT2D eigenvalue weighted by Crippen LogP contribution is 2.36. The number of anilines is 3. The van der Waals surface area contributed by atoms with E-state index in [4.69, 9.17) is 10.3 Å². The largest absolute Gasteiger partial charge is 0.368 e. The van der Waals surface area contributed by atoms with Gasteiger partial charge in [0.1, 0.15) is 23.1 Å². The molecule has 140 valence electrons. The SMILES string of the molecule is CC(c1ccc(F)cc1)c1c(Nc2cnccn2)nc(N)nc1-c1ncon1. The summed E-state index contributed by atoms with van der Waals surface area (Å²) in [5, 5.41) is 6.99. The van der Waals surface area contributed by atoms with Crippen molar-refractivity contribution in [2.24, 2.45) is 0 Å². The van der Waals surface area contributed by atoms with Gasteiger partial charge in [-0.05, 0) is 17.7 Å². The first-order valence-corrected chi connectivity index (χ1v) is 8.34. The van der Waals surface area contributed by atoms with Gasteiger partial charge >= 0.3 is 0 Å². The van der Waals surface area contributed by atoms with Crippen molar-refractivity contribution in [3.05, 3.63) is 66.2 Å². The van der Waals surface area contributed by atoms with Gasteiger partial charge < -0.3 is 15.6 Å². The van der Waals surface area contributed by atoms with Crippen molar-refractivity contribution < 1.29 is 8.91 Å². The molecule has 1 aromatic carbocycles. The van der Waals surface area contributed by atoms with E-state index < -0.39 is 0 Å². The molecule has 28 heavy (non-hydrogen) atoms. The molecule has 1 unspecified atom stereocenters. The molecular weight excluding hydrogens is 363 g/mol. The lowest BCUT2D eigenvalue weighted by atomic mass is 9.91. The first-order valence-electron chi connectivity index (χ1n) is 8.34. The maximum absolute atomic E-state index is 13.4. The minimum atomic E-state index is -0.319. The van der Waals surface area contributed by atoms with Crippen LogP contribution in [0.15, 0.2) is 53.8 Å². The lowest BCUT2D eigenvalue weighted by molar-refractivity contribution is 0.418. The second kappa shape index (κ2) is 7.35. The van der Waals surface area contributed by atoms with Gasteiger partial charge in [0.25, 0.3) is 0 Å². The number of nitrogens with two attached hydrogens (primary N) is 1. The topological polar surface area (TPSA) is 129 Å². The van der Waals surface area contributed by atoms with Crippen molar-refractivity contribution >= 4 is 17.6 Å². The molecule has 10 heteroatoms. The number of hydrogen-bond donors (Lipinski definition) is 2. The number of benzene rings is 1. The fourth-order valence-electron chi connectivity index (χ4n) is 2.84. The molecule has 0 bridgehead atoms. The van der Waals surface area contributed by atoms with Gasteiger partial charge in [-0.15, -0.1) is 0 Å². The van der Waals surface area contributed by atoms with E-state index in [0.29, 0.717) is 22.9 Å². The minimum absolute atomic E-state index is 0.0289. The van der Waals surface area contributed by atoms with Gasteiger partial charge in [-0.1, -0.05) is 24.2 Å². The van der Waals surface area contributed by atoms with Gasteiger partial charge in [0.05, 0.1) is 6.20 Å². The fraction of sp³-hybridized carbons (Fsp3) is 0.111. The van der Waals surface area contributed by atoms with Crippen LogP contribution in [0.1, 0.15) is 24.0 Å². The maximum Gasteiger partial charge on any atom is 0.222 e. The lowest BCUT2D eigenvalue weighted by Crippen LogP contribution is -2.11. The van der Waals surface area contributed by atoms with Crippen molar-refractivity contribution in [2.75, 3.05) is 11.1 Å². The highest BCUT2D eigenvalue weighted by atomic mass is 19.1. The molecule has 0 radical (unpaired) electrons. The summed E-state index contributed by atoms with van der Waals surface area (Å²) in [6.07, 6.45) is 5.87. The van der Waals surface area contributed by atoms with Crippen LogP contribution in [0.3, 0.4) is 0 Å². The van der Waals surface area contributed by atoms with Crippen molar-refractivity contribution in [1.82, 2.24) is 30.1 Å². The second-order valence-electron chi connectivity index (χ2n) is 5.94. The Balaban J connectivity index is 1.88. The van der Waals surface area contributed by atoms with Gasteiger partial charge in [-0.25, -0.2) is 14.4 Å². The van der Waals surface area contributed by atoms with Crippen molar-refractivity contribution in [1.29, 1.82) is 0 Å². The van der Waals surface area contributed by atoms with E-state index in [1.807, 2.05) is 6.92 Å². The van der Waals surface area contributed by atoms with E-state index in [9.17, 15) is 4.39 Å². The zero-order valence-corrected chi connectivity index (χ0v) is 14.7. The Labute approximate surface area is 158 Å². The Morgan fingerprint density at radius 2 is 1.93 bits per heavy atom. The summed E-state index contributed by atoms with van der Waals surface area (Å²) < 4.78 is 18.2. The molecular formula is C18H15FN8O. The molecule has 0 spiro atoms. The molecule has 1 atom stereocenters. The minimum Gasteiger partial charge on any atom is -0.368 e. The van der Waals surface area contributed by atoms with Crippen LogP contribution in [0.4, 0.5) is 22.0 Å². The molecule has 0 aliphatic heterocycles. The van der Waals surface area contributed by atoms with Crippen LogP contribution in [0.5, 0.6) is 0 Å². The summed E-state index contributed by atoms with van der Waals surface area (Å²) in [7, 11) is 0. The van der Waals surface area contributed by atoms with E-state index >= 15 is 0 Å². The summed E-state index contributed by atoms with van der Waals surface area (Å²) in [6, 6.07) is 6.19. The number of rotatable bonds is 5. The standard InChI is InChI=1S/C18H15FN8O/c1-10(11-2-4-12(19)5-3-11)14-15(17-23-9-28-27-17)25-18(20)26-16(14)24-13-8-21-6-7-22-13/h2-10H,1H3,(H3,20,22,24,25,26). The number of nitrogens with one attached hydrogen (secondary N) is 1. The third-order valence-corrected chi connectivity index (χ3v) is 4.15. The van der Waals surface area contributed by atoms with Crippen molar-refractivity contribution in [3.63, 3.8) is 0 Å². The molecule has 3 N–H and O–H groups in total. The molecule has 4 aromatic rings. The second-order valence-corrected chi connectivity index (χ2v) is 5.94. The predicted octanol–water partition coefficient (Wildman–Crippen LogP) is 2.93. The van der Waals surface area contributed by atoms with E-state index in [0.717, 1.165) is 5.56 Å². The van der Waals surface area contributed by atoms with Gasteiger partial charge in [0.2, 0.25) is 18.2 Å². The number of nitrogen functional groups attached to an aromatic ring is 1. The molecule has 9 nitrogen and oxygen atoms in total. The summed E-state index contributed by atoms with van der Waals surface area (Å²) in [4.78, 5) is 21.0. The number of halogens is 1. The van der Waals surface area contributed by atoms with Crippen molar-refractivity contribution in [3.8, 4) is 11.5 Å². The first-order chi connectivity index (χ1) is 13.6. The van der Waals surface area contributed by atoms with Crippen LogP contribution >= 0.6 is 0 Å². The van der Waals surface area contributed by atoms with E-state index in [1.165, 1.54) is 18.5 Å². The Bertz CT molecular complexity index is 1070. The smallest absolute Gasteiger partial charge is 0.222 e. The lowest BCUT2D eigenvalue weighted by Gasteiger charge is -2.19. The van der Waals surface area contributed by atoms with Gasteiger partial charge in [-0.3, -0.25) is 4.98 Å². The fourth-order valence-corrected chi connectivity index (χ4v) is 2.84. The Morgan fingerprint density at radius 1 is 1.11 bits per heavy atom. The molecule has 3 aromatic heterocycles. The summed E-state index contributed by atoms with van der Waals surface area (Å²) in [5.41, 5.74) is 7.83. The molecule has 0 aliphatic carbocycles. The van der Waals surface area contributed by atoms with Crippen LogP contribution in [0, 0.1) is 5.82 Å². The van der Waals surface area contributed by atoms with Gasteiger partial charge in [-0.2, -0.15) is 9.97 Å². The molecule has 0 saturated heterocycles. The predicted molar refractivity (Wildman–Crippen MR) is 99.0 cm³/mol. The van der Waals surface area contributed by atoms with Crippen LogP contribution in [0.25, 0.3) is 11.5 Å². The Morgan fingerprint density at radius 3 is 2.61 bits per heavy atom. The number of nitrogens with zero attached hydrogens (tertiary/aromatic N) is 6. The summed E-state index contributed by atoms with van der Waals surface area (Å²) >= 11 is 0. The average molecular weight is 378 g/mol. The van der Waals surface area contributed by atoms with E-state index in [2.05, 4.69) is 35.4 Å². The number of aromatic nitrogens is 6. The van der Waals surface area contributed by atoms with Crippen LogP contribution < -0.4 is 11.1 Å². The Hall–Kier alpha value is -3.95. The monoisotopic (exact) mass is 378 g/mol. The number of hydrogen-bond acceptors (Lipinski definition) is 9. The first kappa shape index (κ1) is 17.5. The van der Waals surface area contributed by atoms with Crippen LogP contribution in [0.2, 0.25) is 0 Å². The molecule has 0 fully saturated rings. The quantitative estimate of drug-likeness (QED) is 0.538. The van der Waals surface area contributed by atoms with Gasteiger partial charge in [0.15, 0.2) is 0 Å². The molecule has 4 rings (SSSR count). The highest BCUT2D eigenvalue weighted by Gasteiger charge is 2.24. The molecule has 0 aliphatic rings. The third-order valence-electron chi connectivity index (χ3n) is 4.15. The normalized spacial score (nSPS) is 11.9.